The summed E-state index contributed by atoms with van der Waals surface area (Å²) < 4.78 is 72.2. The lowest BCUT2D eigenvalue weighted by molar-refractivity contribution is -2.00. The molecule has 0 spiro atoms. The summed E-state index contributed by atoms with van der Waals surface area (Å²) in [6, 6.07) is 17.7. The first-order chi connectivity index (χ1) is 16.1. The Kier molecular flexibility index (Phi) is 12.7. The van der Waals surface area contributed by atoms with Gasteiger partial charge in [0.1, 0.15) is 11.3 Å². The number of halogens is 2. The highest BCUT2D eigenvalue weighted by Crippen LogP contribution is 2.46. The molecule has 1 heterocycles. The molecule has 0 aliphatic carbocycles. The minimum Gasteiger partial charge on any atom is -0.484 e. The summed E-state index contributed by atoms with van der Waals surface area (Å²) in [5.74, 6) is 1.87. The van der Waals surface area contributed by atoms with Gasteiger partial charge in [0.05, 0.1) is 42.7 Å². The fourth-order valence-electron chi connectivity index (χ4n) is 2.96. The Hall–Kier alpha value is -1.13. The second kappa shape index (κ2) is 14.0. The molecule has 0 bridgehead atoms. The lowest BCUT2D eigenvalue weighted by Gasteiger charge is -2.27. The van der Waals surface area contributed by atoms with E-state index in [0.29, 0.717) is 0 Å². The van der Waals surface area contributed by atoms with Crippen LogP contribution >= 0.6 is 11.8 Å². The Morgan fingerprint density at radius 2 is 1.34 bits per heavy atom. The predicted molar refractivity (Wildman–Crippen MR) is 111 cm³/mol. The van der Waals surface area contributed by atoms with Crippen molar-refractivity contribution in [2.45, 2.75) is 58.7 Å². The third-order valence-electron chi connectivity index (χ3n) is 4.60. The van der Waals surface area contributed by atoms with E-state index in [1.165, 1.54) is 19.6 Å². The van der Waals surface area contributed by atoms with Gasteiger partial charge in [-0.3, -0.25) is 0 Å². The van der Waals surface area contributed by atoms with Crippen LogP contribution in [0.25, 0.3) is 0 Å². The molecule has 0 radical (unpaired) electrons. The SMILES string of the molecule is CCC(=NC(C)(CC)C[S+]1c2ccccc2Sc2ccccc21)OC.[O-][Cl+3]([O-])([O-])O.[O-][Cl+3]([O-])([O-])[O-]. The van der Waals surface area contributed by atoms with E-state index in [1.807, 2.05) is 11.8 Å². The highest BCUT2D eigenvalue weighted by Gasteiger charge is 2.41. The van der Waals surface area contributed by atoms with Crippen molar-refractivity contribution in [1.82, 2.24) is 0 Å². The van der Waals surface area contributed by atoms with Gasteiger partial charge in [0.15, 0.2) is 15.7 Å². The van der Waals surface area contributed by atoms with Crippen LogP contribution in [-0.2, 0) is 15.6 Å². The summed E-state index contributed by atoms with van der Waals surface area (Å²) in [6.07, 6.45) is 1.84. The van der Waals surface area contributed by atoms with Crippen LogP contribution in [0.15, 0.2) is 73.1 Å². The second-order valence-corrected chi connectivity index (χ2v) is 11.8. The summed E-state index contributed by atoms with van der Waals surface area (Å²) in [5, 5.41) is 0. The summed E-state index contributed by atoms with van der Waals surface area (Å²) in [6.45, 7) is 6.59. The van der Waals surface area contributed by atoms with Gasteiger partial charge in [-0.1, -0.05) is 49.9 Å². The molecule has 1 aliphatic heterocycles. The zero-order valence-corrected chi connectivity index (χ0v) is 22.6. The molecule has 2 aromatic carbocycles. The summed E-state index contributed by atoms with van der Waals surface area (Å²) in [4.78, 5) is 10.7. The quantitative estimate of drug-likeness (QED) is 0.218. The van der Waals surface area contributed by atoms with Crippen LogP contribution < -0.4 is 32.6 Å². The minimum absolute atomic E-state index is 0.0323. The smallest absolute Gasteiger partial charge is 0.183 e. The van der Waals surface area contributed by atoms with E-state index in [-0.39, 0.29) is 16.4 Å². The largest absolute Gasteiger partial charge is 0.484 e. The first-order valence-electron chi connectivity index (χ1n) is 10.0. The van der Waals surface area contributed by atoms with Gasteiger partial charge in [-0.05, 0) is 37.6 Å². The van der Waals surface area contributed by atoms with Crippen LogP contribution in [0, 0.1) is 20.5 Å². The van der Waals surface area contributed by atoms with Crippen LogP contribution in [0.1, 0.15) is 33.6 Å². The molecule has 0 amide bonds. The molecule has 1 atom stereocenters. The van der Waals surface area contributed by atoms with Crippen molar-refractivity contribution < 1.29 is 62.5 Å². The Morgan fingerprint density at radius 3 is 1.69 bits per heavy atom. The number of ether oxygens (including phenoxy) is 1. The zero-order valence-electron chi connectivity index (χ0n) is 19.5. The average Bonchev–Trinajstić information content (AvgIpc) is 2.75. The standard InChI is InChI=1S/C21H26NOS2.2ClHO4/c1-5-20(23-4)22-21(3,6-2)15-25-18-13-9-7-11-16(18)24-17-12-8-10-14-19(17)25;2*2-1(3,4)5/h7-14H,5-6,15H2,1-4H3;2*(H,2,3,4,5)/q+1;;/p-1. The van der Waals surface area contributed by atoms with Gasteiger partial charge in [0.2, 0.25) is 0 Å². The predicted octanol–water partition coefficient (Wildman–Crippen LogP) is -3.07. The van der Waals surface area contributed by atoms with Crippen molar-refractivity contribution in [2.24, 2.45) is 4.99 Å². The number of hydrogen-bond acceptors (Lipinski definition) is 11. The molecule has 196 valence electrons. The van der Waals surface area contributed by atoms with Crippen molar-refractivity contribution in [1.29, 1.82) is 0 Å². The number of aliphatic imine (C=N–C) groups is 1. The van der Waals surface area contributed by atoms with Crippen LogP contribution in [0.2, 0.25) is 0 Å². The number of nitrogens with zero attached hydrogens (tertiary/aromatic N) is 1. The number of rotatable bonds is 5. The van der Waals surface area contributed by atoms with E-state index < -0.39 is 20.5 Å². The van der Waals surface area contributed by atoms with Gasteiger partial charge in [0, 0.05) is 6.42 Å². The first-order valence-corrected chi connectivity index (χ1v) is 14.8. The Morgan fingerprint density at radius 1 is 0.943 bits per heavy atom. The third-order valence-corrected chi connectivity index (χ3v) is 8.69. The lowest BCUT2D eigenvalue weighted by atomic mass is 10.0. The van der Waals surface area contributed by atoms with E-state index in [0.717, 1.165) is 24.5 Å². The first kappa shape index (κ1) is 31.9. The molecule has 14 heteroatoms. The Bertz CT molecular complexity index is 895. The zero-order chi connectivity index (χ0) is 26.9. The molecule has 0 aromatic heterocycles. The molecule has 1 aliphatic rings. The minimum atomic E-state index is -4.94. The van der Waals surface area contributed by atoms with Crippen molar-refractivity contribution >= 4 is 28.6 Å². The molecule has 1 unspecified atom stereocenters. The van der Waals surface area contributed by atoms with Crippen molar-refractivity contribution in [3.8, 4) is 0 Å². The molecular weight excluding hydrogens is 545 g/mol. The van der Waals surface area contributed by atoms with E-state index in [9.17, 15) is 0 Å². The van der Waals surface area contributed by atoms with Crippen LogP contribution in [0.4, 0.5) is 0 Å². The van der Waals surface area contributed by atoms with Gasteiger partial charge in [-0.2, -0.15) is 14.0 Å². The molecule has 0 saturated heterocycles. The molecule has 0 saturated carbocycles. The molecule has 2 aromatic rings. The second-order valence-electron chi connectivity index (χ2n) is 7.22. The molecule has 1 N–H and O–H groups in total. The normalized spacial score (nSPS) is 15.4. The van der Waals surface area contributed by atoms with Gasteiger partial charge in [0.25, 0.3) is 0 Å². The molecule has 3 rings (SSSR count). The fourth-order valence-corrected chi connectivity index (χ4v) is 7.23. The maximum Gasteiger partial charge on any atom is 0.183 e. The van der Waals surface area contributed by atoms with E-state index in [2.05, 4.69) is 69.3 Å². The summed E-state index contributed by atoms with van der Waals surface area (Å²) >= 11 is 1.89. The Labute approximate surface area is 215 Å². The lowest BCUT2D eigenvalue weighted by Crippen LogP contribution is -2.68. The van der Waals surface area contributed by atoms with E-state index in [4.69, 9.17) is 47.0 Å². The Balaban J connectivity index is 0.000000519. The summed E-state index contributed by atoms with van der Waals surface area (Å²) in [7, 11) is -7.88. The average molecular weight is 572 g/mol. The molecule has 35 heavy (non-hydrogen) atoms. The number of fused-ring (bicyclic) bond motifs is 2. The topological polar surface area (TPSA) is 203 Å². The molecule has 0 fully saturated rings. The van der Waals surface area contributed by atoms with E-state index in [1.54, 1.807) is 7.11 Å². The monoisotopic (exact) mass is 571 g/mol. The molecular formula is C21H27Cl2NO9S2. The van der Waals surface area contributed by atoms with Crippen molar-refractivity contribution in [3.63, 3.8) is 0 Å². The van der Waals surface area contributed by atoms with Crippen LogP contribution in [0.3, 0.4) is 0 Å². The van der Waals surface area contributed by atoms with Gasteiger partial charge in [-0.15, -0.1) is 10.2 Å². The van der Waals surface area contributed by atoms with Gasteiger partial charge in [-0.25, -0.2) is 23.6 Å². The fraction of sp³-hybridized carbons (Fsp3) is 0.381. The summed E-state index contributed by atoms with van der Waals surface area (Å²) in [5.41, 5.74) is -0.118. The van der Waals surface area contributed by atoms with Gasteiger partial charge < -0.3 is 4.74 Å². The third kappa shape index (κ3) is 12.6. The maximum absolute atomic E-state index is 8.60. The maximum atomic E-state index is 8.60. The van der Waals surface area contributed by atoms with Crippen LogP contribution in [-0.4, -0.2) is 29.0 Å². The highest BCUT2D eigenvalue weighted by molar-refractivity contribution is 8.04. The van der Waals surface area contributed by atoms with Gasteiger partial charge >= 0.3 is 0 Å². The number of hydrogen-bond donors (Lipinski definition) is 1. The number of methoxy groups -OCH3 is 1. The van der Waals surface area contributed by atoms with Crippen molar-refractivity contribution in [2.75, 3.05) is 12.9 Å². The molecule has 10 nitrogen and oxygen atoms in total. The number of benzene rings is 2. The van der Waals surface area contributed by atoms with E-state index >= 15 is 0 Å². The van der Waals surface area contributed by atoms with Crippen LogP contribution in [0.5, 0.6) is 0 Å². The highest BCUT2D eigenvalue weighted by atomic mass is 35.7. The van der Waals surface area contributed by atoms with Crippen molar-refractivity contribution in [3.05, 3.63) is 48.5 Å².